The van der Waals surface area contributed by atoms with E-state index in [4.69, 9.17) is 18.9 Å². The zero-order valence-electron chi connectivity index (χ0n) is 22.5. The molecule has 4 aromatic carbocycles. The number of aliphatic hydroxyl groups is 1. The second-order valence-corrected chi connectivity index (χ2v) is 10.1. The Kier molecular flexibility index (Phi) is 9.91. The SMILES string of the molecule is O[C@]1(COCc2ccccc2)C=C[C@@H](OCc2ccccc2)[C@@H](OCc2ccccc2)[C@@H]1OCc1ccccc1. The highest BCUT2D eigenvalue weighted by molar-refractivity contribution is 5.21. The molecule has 1 aliphatic rings. The van der Waals surface area contributed by atoms with Crippen LogP contribution < -0.4 is 0 Å². The first-order valence-corrected chi connectivity index (χ1v) is 13.7. The molecule has 40 heavy (non-hydrogen) atoms. The predicted molar refractivity (Wildman–Crippen MR) is 155 cm³/mol. The molecule has 0 aromatic heterocycles. The number of ether oxygens (including phenoxy) is 4. The van der Waals surface area contributed by atoms with Gasteiger partial charge < -0.3 is 24.1 Å². The van der Waals surface area contributed by atoms with Crippen LogP contribution in [0.2, 0.25) is 0 Å². The molecule has 0 unspecified atom stereocenters. The summed E-state index contributed by atoms with van der Waals surface area (Å²) in [6.07, 6.45) is 1.89. The van der Waals surface area contributed by atoms with Gasteiger partial charge in [-0.1, -0.05) is 127 Å². The van der Waals surface area contributed by atoms with Crippen LogP contribution in [0.4, 0.5) is 0 Å². The van der Waals surface area contributed by atoms with Gasteiger partial charge in [-0.3, -0.25) is 0 Å². The molecule has 0 spiro atoms. The van der Waals surface area contributed by atoms with Crippen LogP contribution in [0, 0.1) is 0 Å². The maximum Gasteiger partial charge on any atom is 0.135 e. The van der Waals surface area contributed by atoms with Crippen molar-refractivity contribution in [3.8, 4) is 0 Å². The Balaban J connectivity index is 1.38. The van der Waals surface area contributed by atoms with Gasteiger partial charge in [0, 0.05) is 0 Å². The maximum absolute atomic E-state index is 12.0. The number of hydrogen-bond acceptors (Lipinski definition) is 5. The first-order chi connectivity index (χ1) is 19.7. The van der Waals surface area contributed by atoms with Gasteiger partial charge in [-0.05, 0) is 28.3 Å². The van der Waals surface area contributed by atoms with Gasteiger partial charge in [0.2, 0.25) is 0 Å². The molecule has 0 aliphatic heterocycles. The lowest BCUT2D eigenvalue weighted by atomic mass is 9.84. The first kappa shape index (κ1) is 28.0. The Morgan fingerprint density at radius 1 is 0.525 bits per heavy atom. The Hall–Kier alpha value is -3.58. The molecule has 4 atom stereocenters. The molecule has 1 aliphatic carbocycles. The van der Waals surface area contributed by atoms with E-state index in [1.807, 2.05) is 127 Å². The van der Waals surface area contributed by atoms with E-state index < -0.39 is 23.9 Å². The van der Waals surface area contributed by atoms with E-state index in [2.05, 4.69) is 0 Å². The zero-order valence-corrected chi connectivity index (χ0v) is 22.5. The molecule has 5 rings (SSSR count). The zero-order chi connectivity index (χ0) is 27.5. The maximum atomic E-state index is 12.0. The lowest BCUT2D eigenvalue weighted by molar-refractivity contribution is -0.209. The van der Waals surface area contributed by atoms with Crippen molar-refractivity contribution in [1.82, 2.24) is 0 Å². The number of benzene rings is 4. The van der Waals surface area contributed by atoms with Crippen molar-refractivity contribution in [2.45, 2.75) is 50.3 Å². The van der Waals surface area contributed by atoms with Crippen LogP contribution in [-0.2, 0) is 45.4 Å². The van der Waals surface area contributed by atoms with E-state index in [0.29, 0.717) is 26.4 Å². The summed E-state index contributed by atoms with van der Waals surface area (Å²) in [6, 6.07) is 39.9. The Labute approximate surface area is 236 Å². The largest absolute Gasteiger partial charge is 0.381 e. The van der Waals surface area contributed by atoms with Crippen LogP contribution in [0.1, 0.15) is 22.3 Å². The highest BCUT2D eigenvalue weighted by Crippen LogP contribution is 2.32. The molecule has 0 heterocycles. The Bertz CT molecular complexity index is 1300. The summed E-state index contributed by atoms with van der Waals surface area (Å²) in [4.78, 5) is 0. The van der Waals surface area contributed by atoms with Crippen molar-refractivity contribution < 1.29 is 24.1 Å². The number of hydrogen-bond donors (Lipinski definition) is 1. The van der Waals surface area contributed by atoms with Crippen LogP contribution >= 0.6 is 0 Å². The monoisotopic (exact) mass is 536 g/mol. The smallest absolute Gasteiger partial charge is 0.135 e. The summed E-state index contributed by atoms with van der Waals surface area (Å²) in [5.74, 6) is 0. The highest BCUT2D eigenvalue weighted by Gasteiger charge is 2.48. The van der Waals surface area contributed by atoms with Gasteiger partial charge in [0.05, 0.1) is 33.0 Å². The van der Waals surface area contributed by atoms with Crippen molar-refractivity contribution >= 4 is 0 Å². The average molecular weight is 537 g/mol. The minimum atomic E-state index is -1.42. The summed E-state index contributed by atoms with van der Waals surface area (Å²) < 4.78 is 25.4. The molecular formula is C35H36O5. The molecular weight excluding hydrogens is 500 g/mol. The van der Waals surface area contributed by atoms with Gasteiger partial charge in [0.15, 0.2) is 0 Å². The molecule has 206 valence electrons. The second kappa shape index (κ2) is 14.2. The summed E-state index contributed by atoms with van der Waals surface area (Å²) >= 11 is 0. The van der Waals surface area contributed by atoms with Crippen molar-refractivity contribution in [3.05, 3.63) is 156 Å². The van der Waals surface area contributed by atoms with Gasteiger partial charge in [0.25, 0.3) is 0 Å². The first-order valence-electron chi connectivity index (χ1n) is 13.7. The van der Waals surface area contributed by atoms with E-state index in [-0.39, 0.29) is 6.61 Å². The van der Waals surface area contributed by atoms with Crippen LogP contribution in [-0.4, -0.2) is 35.6 Å². The third-order valence-corrected chi connectivity index (χ3v) is 6.98. The third kappa shape index (κ3) is 7.75. The summed E-state index contributed by atoms with van der Waals surface area (Å²) in [7, 11) is 0. The topological polar surface area (TPSA) is 57.2 Å². The summed E-state index contributed by atoms with van der Waals surface area (Å²) in [5, 5.41) is 12.0. The fraction of sp³-hybridized carbons (Fsp3) is 0.257. The van der Waals surface area contributed by atoms with Gasteiger partial charge in [-0.25, -0.2) is 0 Å². The van der Waals surface area contributed by atoms with Crippen LogP contribution in [0.15, 0.2) is 133 Å². The lowest BCUT2D eigenvalue weighted by Gasteiger charge is -2.43. The molecule has 0 saturated carbocycles. The van der Waals surface area contributed by atoms with Gasteiger partial charge in [-0.15, -0.1) is 0 Å². The molecule has 5 nitrogen and oxygen atoms in total. The van der Waals surface area contributed by atoms with E-state index in [1.165, 1.54) is 0 Å². The summed E-state index contributed by atoms with van der Waals surface area (Å²) in [6.45, 7) is 1.52. The summed E-state index contributed by atoms with van der Waals surface area (Å²) in [5.41, 5.74) is 2.72. The standard InChI is InChI=1S/C35H36O5/c36-35(27-37-23-28-13-5-1-6-14-28)22-21-32(38-24-29-15-7-2-8-16-29)33(39-25-30-17-9-3-10-18-30)34(35)40-26-31-19-11-4-12-20-31/h1-22,32-34,36H,23-27H2/t32-,33-,34+,35+/m1/s1. The fourth-order valence-electron chi connectivity index (χ4n) is 4.82. The van der Waals surface area contributed by atoms with E-state index in [1.54, 1.807) is 6.08 Å². The van der Waals surface area contributed by atoms with E-state index in [0.717, 1.165) is 22.3 Å². The van der Waals surface area contributed by atoms with Crippen LogP contribution in [0.5, 0.6) is 0 Å². The second-order valence-electron chi connectivity index (χ2n) is 10.1. The normalized spacial score (nSPS) is 22.3. The van der Waals surface area contributed by atoms with Gasteiger partial charge in [-0.2, -0.15) is 0 Å². The minimum absolute atomic E-state index is 0.0501. The van der Waals surface area contributed by atoms with Crippen molar-refractivity contribution in [2.75, 3.05) is 6.61 Å². The highest BCUT2D eigenvalue weighted by atomic mass is 16.6. The molecule has 0 radical (unpaired) electrons. The van der Waals surface area contributed by atoms with Crippen LogP contribution in [0.3, 0.4) is 0 Å². The molecule has 1 N–H and O–H groups in total. The van der Waals surface area contributed by atoms with Crippen molar-refractivity contribution in [2.24, 2.45) is 0 Å². The van der Waals surface area contributed by atoms with E-state index >= 15 is 0 Å². The Morgan fingerprint density at radius 2 is 0.950 bits per heavy atom. The molecule has 4 aromatic rings. The van der Waals surface area contributed by atoms with Gasteiger partial charge >= 0.3 is 0 Å². The van der Waals surface area contributed by atoms with Crippen molar-refractivity contribution in [1.29, 1.82) is 0 Å². The average Bonchev–Trinajstić information content (AvgIpc) is 3.01. The quantitative estimate of drug-likeness (QED) is 0.204. The van der Waals surface area contributed by atoms with Gasteiger partial charge in [0.1, 0.15) is 23.9 Å². The van der Waals surface area contributed by atoms with Crippen molar-refractivity contribution in [3.63, 3.8) is 0 Å². The Morgan fingerprint density at radius 3 is 1.45 bits per heavy atom. The van der Waals surface area contributed by atoms with E-state index in [9.17, 15) is 5.11 Å². The fourth-order valence-corrected chi connectivity index (χ4v) is 4.82. The number of rotatable bonds is 13. The molecule has 5 heteroatoms. The lowest BCUT2D eigenvalue weighted by Crippen LogP contribution is -2.59. The predicted octanol–water partition coefficient (Wildman–Crippen LogP) is 6.26. The van der Waals surface area contributed by atoms with Crippen LogP contribution in [0.25, 0.3) is 0 Å². The molecule has 0 saturated heterocycles. The third-order valence-electron chi connectivity index (χ3n) is 6.98. The molecule has 0 bridgehead atoms. The molecule has 0 amide bonds. The molecule has 0 fully saturated rings. The minimum Gasteiger partial charge on any atom is -0.381 e.